The second kappa shape index (κ2) is 6.66. The molecule has 0 unspecified atom stereocenters. The number of aryl methyl sites for hydroxylation is 1. The van der Waals surface area contributed by atoms with Crippen molar-refractivity contribution >= 4 is 11.5 Å². The molecule has 2 heterocycles. The van der Waals surface area contributed by atoms with E-state index in [1.165, 1.54) is 5.69 Å². The Hall–Kier alpha value is -2.61. The van der Waals surface area contributed by atoms with Crippen LogP contribution in [0, 0.1) is 18.3 Å². The molecular weight excluding hydrogens is 286 g/mol. The summed E-state index contributed by atoms with van der Waals surface area (Å²) in [5.41, 5.74) is 3.02. The summed E-state index contributed by atoms with van der Waals surface area (Å²) in [5, 5.41) is 9.04. The molecule has 0 radical (unpaired) electrons. The largest absolute Gasteiger partial charge is 0.371 e. The Bertz CT molecular complexity index is 699. The molecule has 0 spiro atoms. The van der Waals surface area contributed by atoms with Crippen LogP contribution in [-0.2, 0) is 0 Å². The SMILES string of the molecule is Cc1cc(N2CCC(N(C)c3ccncn3)CC2)ccc1C#N. The number of nitriles is 1. The van der Waals surface area contributed by atoms with Gasteiger partial charge in [0.05, 0.1) is 11.6 Å². The monoisotopic (exact) mass is 307 g/mol. The molecule has 23 heavy (non-hydrogen) atoms. The van der Waals surface area contributed by atoms with Crippen molar-refractivity contribution in [3.05, 3.63) is 47.9 Å². The summed E-state index contributed by atoms with van der Waals surface area (Å²) >= 11 is 0. The van der Waals surface area contributed by atoms with Gasteiger partial charge in [-0.25, -0.2) is 9.97 Å². The summed E-state index contributed by atoms with van der Waals surface area (Å²) in [6.07, 6.45) is 5.58. The molecule has 1 aliphatic rings. The zero-order valence-corrected chi connectivity index (χ0v) is 13.6. The van der Waals surface area contributed by atoms with E-state index in [0.29, 0.717) is 6.04 Å². The van der Waals surface area contributed by atoms with Crippen LogP contribution in [0.3, 0.4) is 0 Å². The molecule has 5 nitrogen and oxygen atoms in total. The van der Waals surface area contributed by atoms with Crippen molar-refractivity contribution in [2.24, 2.45) is 0 Å². The molecule has 1 saturated heterocycles. The molecule has 1 aliphatic heterocycles. The third-order valence-corrected chi connectivity index (χ3v) is 4.64. The Morgan fingerprint density at radius 2 is 2.04 bits per heavy atom. The Morgan fingerprint density at radius 3 is 2.65 bits per heavy atom. The Morgan fingerprint density at radius 1 is 1.26 bits per heavy atom. The van der Waals surface area contributed by atoms with Crippen molar-refractivity contribution in [1.82, 2.24) is 9.97 Å². The molecule has 2 aromatic rings. The fourth-order valence-electron chi connectivity index (χ4n) is 3.16. The van der Waals surface area contributed by atoms with Crippen molar-refractivity contribution in [2.75, 3.05) is 29.9 Å². The zero-order chi connectivity index (χ0) is 16.2. The average molecular weight is 307 g/mol. The smallest absolute Gasteiger partial charge is 0.131 e. The van der Waals surface area contributed by atoms with Gasteiger partial charge < -0.3 is 9.80 Å². The first kappa shape index (κ1) is 15.3. The van der Waals surface area contributed by atoms with Gasteiger partial charge in [-0.3, -0.25) is 0 Å². The van der Waals surface area contributed by atoms with Crippen molar-refractivity contribution < 1.29 is 0 Å². The fourth-order valence-corrected chi connectivity index (χ4v) is 3.16. The van der Waals surface area contributed by atoms with E-state index in [1.807, 2.05) is 19.1 Å². The van der Waals surface area contributed by atoms with Crippen LogP contribution in [0.25, 0.3) is 0 Å². The van der Waals surface area contributed by atoms with Crippen LogP contribution >= 0.6 is 0 Å². The number of benzene rings is 1. The standard InChI is InChI=1S/C18H21N5/c1-14-11-17(4-3-15(14)12-19)23-9-6-16(7-10-23)22(2)18-5-8-20-13-21-18/h3-5,8,11,13,16H,6-7,9-10H2,1-2H3. The summed E-state index contributed by atoms with van der Waals surface area (Å²) in [7, 11) is 2.11. The number of anilines is 2. The van der Waals surface area contributed by atoms with Gasteiger partial charge in [0, 0.05) is 38.1 Å². The Kier molecular flexibility index (Phi) is 4.42. The van der Waals surface area contributed by atoms with Crippen LogP contribution in [0.4, 0.5) is 11.5 Å². The first-order valence-electron chi connectivity index (χ1n) is 7.93. The summed E-state index contributed by atoms with van der Waals surface area (Å²) in [6.45, 7) is 4.04. The summed E-state index contributed by atoms with van der Waals surface area (Å²) in [4.78, 5) is 13.0. The Labute approximate surface area is 137 Å². The Balaban J connectivity index is 1.64. The van der Waals surface area contributed by atoms with Crippen LogP contribution in [0.5, 0.6) is 0 Å². The molecule has 0 saturated carbocycles. The van der Waals surface area contributed by atoms with Gasteiger partial charge in [0.15, 0.2) is 0 Å². The molecule has 0 N–H and O–H groups in total. The van der Waals surface area contributed by atoms with E-state index in [1.54, 1.807) is 12.5 Å². The van der Waals surface area contributed by atoms with Crippen LogP contribution < -0.4 is 9.80 Å². The minimum Gasteiger partial charge on any atom is -0.371 e. The lowest BCUT2D eigenvalue weighted by Crippen LogP contribution is -2.43. The van der Waals surface area contributed by atoms with Crippen molar-refractivity contribution in [2.45, 2.75) is 25.8 Å². The lowest BCUT2D eigenvalue weighted by Gasteiger charge is -2.38. The van der Waals surface area contributed by atoms with Gasteiger partial charge in [0.25, 0.3) is 0 Å². The van der Waals surface area contributed by atoms with Crippen molar-refractivity contribution in [3.63, 3.8) is 0 Å². The van der Waals surface area contributed by atoms with Gasteiger partial charge in [-0.1, -0.05) is 0 Å². The van der Waals surface area contributed by atoms with E-state index in [2.05, 4.69) is 45.0 Å². The topological polar surface area (TPSA) is 56.1 Å². The minimum atomic E-state index is 0.501. The molecule has 118 valence electrons. The molecule has 0 bridgehead atoms. The van der Waals surface area contributed by atoms with Crippen molar-refractivity contribution in [1.29, 1.82) is 5.26 Å². The van der Waals surface area contributed by atoms with Crippen LogP contribution in [0.15, 0.2) is 36.8 Å². The number of hydrogen-bond acceptors (Lipinski definition) is 5. The van der Waals surface area contributed by atoms with E-state index in [9.17, 15) is 0 Å². The fraction of sp³-hybridized carbons (Fsp3) is 0.389. The number of piperidine rings is 1. The number of nitrogens with zero attached hydrogens (tertiary/aromatic N) is 5. The first-order valence-corrected chi connectivity index (χ1v) is 7.93. The predicted octanol–water partition coefficient (Wildman–Crippen LogP) is 2.76. The maximum absolute atomic E-state index is 9.04. The van der Waals surface area contributed by atoms with E-state index < -0.39 is 0 Å². The number of hydrogen-bond donors (Lipinski definition) is 0. The molecule has 3 rings (SSSR count). The third kappa shape index (κ3) is 3.26. The van der Waals surface area contributed by atoms with Crippen LogP contribution in [0.1, 0.15) is 24.0 Å². The minimum absolute atomic E-state index is 0.501. The van der Waals surface area contributed by atoms with Gasteiger partial charge in [-0.2, -0.15) is 5.26 Å². The first-order chi connectivity index (χ1) is 11.2. The van der Waals surface area contributed by atoms with Crippen LogP contribution in [-0.4, -0.2) is 36.1 Å². The van der Waals surface area contributed by atoms with E-state index in [0.717, 1.165) is 42.9 Å². The second-order valence-corrected chi connectivity index (χ2v) is 6.01. The van der Waals surface area contributed by atoms with Gasteiger partial charge >= 0.3 is 0 Å². The summed E-state index contributed by atoms with van der Waals surface area (Å²) in [5.74, 6) is 0.979. The maximum Gasteiger partial charge on any atom is 0.131 e. The highest BCUT2D eigenvalue weighted by Gasteiger charge is 2.23. The maximum atomic E-state index is 9.04. The van der Waals surface area contributed by atoms with E-state index >= 15 is 0 Å². The molecule has 1 aromatic carbocycles. The lowest BCUT2D eigenvalue weighted by atomic mass is 10.0. The highest BCUT2D eigenvalue weighted by atomic mass is 15.2. The summed E-state index contributed by atoms with van der Waals surface area (Å²) < 4.78 is 0. The highest BCUT2D eigenvalue weighted by Crippen LogP contribution is 2.25. The molecule has 0 amide bonds. The molecule has 5 heteroatoms. The molecule has 0 aliphatic carbocycles. The van der Waals surface area contributed by atoms with Gasteiger partial charge in [0.1, 0.15) is 12.1 Å². The second-order valence-electron chi connectivity index (χ2n) is 6.01. The van der Waals surface area contributed by atoms with Gasteiger partial charge in [-0.05, 0) is 49.6 Å². The van der Waals surface area contributed by atoms with Gasteiger partial charge in [-0.15, -0.1) is 0 Å². The zero-order valence-electron chi connectivity index (χ0n) is 13.6. The third-order valence-electron chi connectivity index (χ3n) is 4.64. The number of aromatic nitrogens is 2. The van der Waals surface area contributed by atoms with Crippen molar-refractivity contribution in [3.8, 4) is 6.07 Å². The lowest BCUT2D eigenvalue weighted by molar-refractivity contribution is 0.480. The average Bonchev–Trinajstić information content (AvgIpc) is 2.62. The quantitative estimate of drug-likeness (QED) is 0.872. The highest BCUT2D eigenvalue weighted by molar-refractivity contribution is 5.54. The molecule has 1 fully saturated rings. The number of rotatable bonds is 3. The molecule has 1 aromatic heterocycles. The van der Waals surface area contributed by atoms with E-state index in [4.69, 9.17) is 5.26 Å². The van der Waals surface area contributed by atoms with E-state index in [-0.39, 0.29) is 0 Å². The predicted molar refractivity (Wildman–Crippen MR) is 91.6 cm³/mol. The van der Waals surface area contributed by atoms with Gasteiger partial charge in [0.2, 0.25) is 0 Å². The van der Waals surface area contributed by atoms with Crippen LogP contribution in [0.2, 0.25) is 0 Å². The molecule has 0 atom stereocenters. The molecular formula is C18H21N5. The summed E-state index contributed by atoms with van der Waals surface area (Å²) in [6, 6.07) is 10.8. The normalized spacial score (nSPS) is 15.3.